The molecule has 2 amide bonds. The molecule has 1 unspecified atom stereocenters. The molecule has 0 aliphatic rings. The van der Waals surface area contributed by atoms with Gasteiger partial charge >= 0.3 is 12.0 Å². The second kappa shape index (κ2) is 6.85. The zero-order valence-electron chi connectivity index (χ0n) is 11.0. The maximum atomic E-state index is 12.7. The van der Waals surface area contributed by atoms with Gasteiger partial charge in [-0.2, -0.15) is 0 Å². The number of carbonyl (C=O) groups excluding carboxylic acids is 1. The minimum absolute atomic E-state index is 0.186. The predicted octanol–water partition coefficient (Wildman–Crippen LogP) is 0.851. The molecule has 4 N–H and O–H groups in total. The predicted molar refractivity (Wildman–Crippen MR) is 69.5 cm³/mol. The van der Waals surface area contributed by atoms with Crippen molar-refractivity contribution in [2.45, 2.75) is 25.5 Å². The van der Waals surface area contributed by atoms with Crippen molar-refractivity contribution in [3.05, 3.63) is 35.6 Å². The Bertz CT molecular complexity index is 474. The lowest BCUT2D eigenvalue weighted by atomic mass is 10.0. The summed E-state index contributed by atoms with van der Waals surface area (Å²) in [5, 5.41) is 23.1. The van der Waals surface area contributed by atoms with E-state index in [1.165, 1.54) is 31.2 Å². The normalized spacial score (nSPS) is 13.3. The summed E-state index contributed by atoms with van der Waals surface area (Å²) in [6.07, 6.45) is -0.467. The summed E-state index contributed by atoms with van der Waals surface area (Å²) in [6, 6.07) is 5.10. The van der Waals surface area contributed by atoms with E-state index in [0.717, 1.165) is 5.56 Å². The van der Waals surface area contributed by atoms with Gasteiger partial charge in [-0.1, -0.05) is 12.1 Å². The fraction of sp³-hybridized carbons (Fsp3) is 0.385. The van der Waals surface area contributed by atoms with Crippen LogP contribution in [0, 0.1) is 5.82 Å². The summed E-state index contributed by atoms with van der Waals surface area (Å²) in [7, 11) is 0. The van der Waals surface area contributed by atoms with E-state index in [0.29, 0.717) is 0 Å². The SMILES string of the molecule is CC(O)(CNC(=O)NCc1ccc(F)cc1)CC(=O)O. The van der Waals surface area contributed by atoms with Crippen LogP contribution in [0.1, 0.15) is 18.9 Å². The standard InChI is InChI=1S/C13H17FN2O4/c1-13(20,6-11(17)18)8-16-12(19)15-7-9-2-4-10(14)5-3-9/h2-5,20H,6-8H2,1H3,(H,17,18)(H2,15,16,19). The highest BCUT2D eigenvalue weighted by Gasteiger charge is 2.24. The van der Waals surface area contributed by atoms with Crippen LogP contribution in [-0.2, 0) is 11.3 Å². The molecule has 0 spiro atoms. The Morgan fingerprint density at radius 3 is 2.40 bits per heavy atom. The first kappa shape index (κ1) is 15.9. The number of hydrogen-bond acceptors (Lipinski definition) is 3. The Morgan fingerprint density at radius 2 is 1.85 bits per heavy atom. The largest absolute Gasteiger partial charge is 0.481 e. The molecule has 1 rings (SSSR count). The maximum absolute atomic E-state index is 12.7. The average Bonchev–Trinajstić information content (AvgIpc) is 2.34. The Hall–Kier alpha value is -2.15. The van der Waals surface area contributed by atoms with E-state index in [4.69, 9.17) is 5.11 Å². The third-order valence-corrected chi connectivity index (χ3v) is 2.53. The summed E-state index contributed by atoms with van der Waals surface area (Å²) in [4.78, 5) is 21.9. The number of hydrogen-bond donors (Lipinski definition) is 4. The highest BCUT2D eigenvalue weighted by atomic mass is 19.1. The zero-order chi connectivity index (χ0) is 15.2. The van der Waals surface area contributed by atoms with Gasteiger partial charge < -0.3 is 20.8 Å². The fourth-order valence-electron chi connectivity index (χ4n) is 1.51. The van der Waals surface area contributed by atoms with Crippen molar-refractivity contribution >= 4 is 12.0 Å². The molecule has 20 heavy (non-hydrogen) atoms. The lowest BCUT2D eigenvalue weighted by molar-refractivity contribution is -0.141. The maximum Gasteiger partial charge on any atom is 0.315 e. The molecule has 1 atom stereocenters. The van der Waals surface area contributed by atoms with Gasteiger partial charge in [0.15, 0.2) is 0 Å². The molecule has 1 aromatic carbocycles. The monoisotopic (exact) mass is 284 g/mol. The Morgan fingerprint density at radius 1 is 1.25 bits per heavy atom. The van der Waals surface area contributed by atoms with Crippen LogP contribution in [0.25, 0.3) is 0 Å². The number of halogens is 1. The molecule has 0 bridgehead atoms. The first-order valence-electron chi connectivity index (χ1n) is 5.99. The minimum Gasteiger partial charge on any atom is -0.481 e. The molecule has 0 aliphatic carbocycles. The Kier molecular flexibility index (Phi) is 5.45. The van der Waals surface area contributed by atoms with E-state index in [1.54, 1.807) is 0 Å². The van der Waals surface area contributed by atoms with Crippen LogP contribution in [0.5, 0.6) is 0 Å². The van der Waals surface area contributed by atoms with Crippen molar-refractivity contribution in [3.63, 3.8) is 0 Å². The summed E-state index contributed by atoms with van der Waals surface area (Å²) >= 11 is 0. The number of aliphatic carboxylic acids is 1. The lowest BCUT2D eigenvalue weighted by Crippen LogP contribution is -2.45. The number of benzene rings is 1. The van der Waals surface area contributed by atoms with Gasteiger partial charge in [0, 0.05) is 13.1 Å². The molecule has 7 heteroatoms. The van der Waals surface area contributed by atoms with Gasteiger partial charge in [-0.05, 0) is 24.6 Å². The van der Waals surface area contributed by atoms with Gasteiger partial charge in [0.2, 0.25) is 0 Å². The molecule has 110 valence electrons. The molecule has 0 aromatic heterocycles. The molecular formula is C13H17FN2O4. The van der Waals surface area contributed by atoms with Gasteiger partial charge in [0.1, 0.15) is 5.82 Å². The van der Waals surface area contributed by atoms with Crippen LogP contribution in [0.3, 0.4) is 0 Å². The minimum atomic E-state index is -1.51. The summed E-state index contributed by atoms with van der Waals surface area (Å²) in [5.41, 5.74) is -0.794. The van der Waals surface area contributed by atoms with Gasteiger partial charge in [-0.15, -0.1) is 0 Å². The molecular weight excluding hydrogens is 267 g/mol. The third kappa shape index (κ3) is 6.14. The van der Waals surface area contributed by atoms with Crippen LogP contribution in [-0.4, -0.2) is 34.4 Å². The van der Waals surface area contributed by atoms with Crippen molar-refractivity contribution in [3.8, 4) is 0 Å². The first-order valence-corrected chi connectivity index (χ1v) is 5.99. The first-order chi connectivity index (χ1) is 9.28. The van der Waals surface area contributed by atoms with Gasteiger partial charge in [-0.25, -0.2) is 9.18 Å². The number of nitrogens with one attached hydrogen (secondary N) is 2. The van der Waals surface area contributed by atoms with E-state index in [9.17, 15) is 19.1 Å². The number of amides is 2. The number of carboxylic acids is 1. The van der Waals surface area contributed by atoms with Crippen LogP contribution in [0.2, 0.25) is 0 Å². The molecule has 0 heterocycles. The van der Waals surface area contributed by atoms with E-state index in [-0.39, 0.29) is 18.9 Å². The van der Waals surface area contributed by atoms with Crippen LogP contribution in [0.15, 0.2) is 24.3 Å². The van der Waals surface area contributed by atoms with Crippen LogP contribution < -0.4 is 10.6 Å². The second-order valence-corrected chi connectivity index (χ2v) is 4.73. The fourth-order valence-corrected chi connectivity index (χ4v) is 1.51. The summed E-state index contributed by atoms with van der Waals surface area (Å²) < 4.78 is 12.7. The quantitative estimate of drug-likeness (QED) is 0.622. The number of carboxylic acid groups (broad SMARTS) is 1. The Balaban J connectivity index is 2.33. The smallest absolute Gasteiger partial charge is 0.315 e. The zero-order valence-corrected chi connectivity index (χ0v) is 11.0. The average molecular weight is 284 g/mol. The van der Waals surface area contributed by atoms with Crippen molar-refractivity contribution in [2.75, 3.05) is 6.54 Å². The third-order valence-electron chi connectivity index (χ3n) is 2.53. The highest BCUT2D eigenvalue weighted by Crippen LogP contribution is 2.07. The molecule has 1 aromatic rings. The molecule has 0 fully saturated rings. The van der Waals surface area contributed by atoms with E-state index < -0.39 is 24.0 Å². The Labute approximate surface area is 115 Å². The van der Waals surface area contributed by atoms with E-state index >= 15 is 0 Å². The van der Waals surface area contributed by atoms with Crippen LogP contribution in [0.4, 0.5) is 9.18 Å². The number of carbonyl (C=O) groups is 2. The number of urea groups is 1. The highest BCUT2D eigenvalue weighted by molar-refractivity contribution is 5.74. The van der Waals surface area contributed by atoms with Crippen molar-refractivity contribution < 1.29 is 24.2 Å². The number of aliphatic hydroxyl groups is 1. The molecule has 0 saturated heterocycles. The molecule has 0 saturated carbocycles. The summed E-state index contributed by atoms with van der Waals surface area (Å²) in [5.74, 6) is -1.51. The van der Waals surface area contributed by atoms with Gasteiger partial charge in [-0.3, -0.25) is 4.79 Å². The molecule has 0 radical (unpaired) electrons. The van der Waals surface area contributed by atoms with Crippen LogP contribution >= 0.6 is 0 Å². The molecule has 6 nitrogen and oxygen atoms in total. The number of rotatable bonds is 6. The lowest BCUT2D eigenvalue weighted by Gasteiger charge is -2.21. The van der Waals surface area contributed by atoms with Crippen molar-refractivity contribution in [1.29, 1.82) is 0 Å². The van der Waals surface area contributed by atoms with Gasteiger partial charge in [0.05, 0.1) is 12.0 Å². The van der Waals surface area contributed by atoms with Gasteiger partial charge in [0.25, 0.3) is 0 Å². The second-order valence-electron chi connectivity index (χ2n) is 4.73. The van der Waals surface area contributed by atoms with E-state index in [2.05, 4.69) is 10.6 Å². The van der Waals surface area contributed by atoms with Crippen molar-refractivity contribution in [2.24, 2.45) is 0 Å². The summed E-state index contributed by atoms with van der Waals surface area (Å²) in [6.45, 7) is 1.34. The van der Waals surface area contributed by atoms with E-state index in [1.807, 2.05) is 0 Å². The topological polar surface area (TPSA) is 98.7 Å². The molecule has 0 aliphatic heterocycles. The van der Waals surface area contributed by atoms with Crippen molar-refractivity contribution in [1.82, 2.24) is 10.6 Å².